The highest BCUT2D eigenvalue weighted by Crippen LogP contribution is 2.44. The molecule has 92 valence electrons. The highest BCUT2D eigenvalue weighted by atomic mass is 16.1. The van der Waals surface area contributed by atoms with E-state index in [2.05, 4.69) is 29.6 Å². The average Bonchev–Trinajstić information content (AvgIpc) is 2.85. The summed E-state index contributed by atoms with van der Waals surface area (Å²) in [4.78, 5) is 16.1. The lowest BCUT2D eigenvalue weighted by molar-refractivity contribution is 0.0947. The number of rotatable bonds is 3. The van der Waals surface area contributed by atoms with E-state index in [4.69, 9.17) is 5.84 Å². The molecule has 5 heteroatoms. The number of aromatic nitrogens is 1. The number of nitrogen functional groups attached to an aromatic ring is 1. The van der Waals surface area contributed by atoms with Gasteiger partial charge < -0.3 is 10.7 Å². The number of hydrazine groups is 1. The molecule has 1 aliphatic carbocycles. The molecular weight excluding hydrogens is 216 g/mol. The molecule has 1 amide bonds. The molecule has 5 nitrogen and oxygen atoms in total. The Labute approximate surface area is 101 Å². The Balaban J connectivity index is 2.14. The maximum Gasteiger partial charge on any atom is 0.255 e. The third-order valence-electron chi connectivity index (χ3n) is 3.26. The fraction of sp³-hybridized carbons (Fsp3) is 0.500. The smallest absolute Gasteiger partial charge is 0.255 e. The lowest BCUT2D eigenvalue weighted by Gasteiger charge is -2.10. The number of hydrogen-bond acceptors (Lipinski definition) is 4. The number of nitrogens with two attached hydrogens (primary N) is 1. The van der Waals surface area contributed by atoms with Crippen molar-refractivity contribution in [3.8, 4) is 0 Å². The monoisotopic (exact) mass is 234 g/mol. The largest absolute Gasteiger partial charge is 0.349 e. The number of hydrogen-bond donors (Lipinski definition) is 3. The first kappa shape index (κ1) is 11.9. The molecular formula is C12H18N4O. The second-order valence-corrected chi connectivity index (χ2v) is 5.23. The summed E-state index contributed by atoms with van der Waals surface area (Å²) in [6.07, 6.45) is 2.57. The van der Waals surface area contributed by atoms with Crippen LogP contribution in [-0.2, 0) is 0 Å². The molecule has 0 aliphatic heterocycles. The van der Waals surface area contributed by atoms with Gasteiger partial charge in [0.15, 0.2) is 0 Å². The first-order valence-electron chi connectivity index (χ1n) is 5.68. The maximum atomic E-state index is 12.0. The highest BCUT2D eigenvalue weighted by Gasteiger charge is 2.46. The van der Waals surface area contributed by atoms with Crippen molar-refractivity contribution < 1.29 is 4.79 Å². The minimum absolute atomic E-state index is 0.124. The van der Waals surface area contributed by atoms with Gasteiger partial charge in [-0.1, -0.05) is 13.8 Å². The van der Waals surface area contributed by atoms with E-state index in [0.29, 0.717) is 11.3 Å². The lowest BCUT2D eigenvalue weighted by atomic mass is 10.1. The van der Waals surface area contributed by atoms with E-state index in [1.807, 2.05) is 6.92 Å². The topological polar surface area (TPSA) is 80.0 Å². The minimum Gasteiger partial charge on any atom is -0.349 e. The lowest BCUT2D eigenvalue weighted by Crippen LogP contribution is -2.29. The summed E-state index contributed by atoms with van der Waals surface area (Å²) in [5.41, 5.74) is 4.66. The third-order valence-corrected chi connectivity index (χ3v) is 3.26. The van der Waals surface area contributed by atoms with E-state index in [9.17, 15) is 4.79 Å². The number of carbonyl (C=O) groups excluding carboxylic acids is 1. The summed E-state index contributed by atoms with van der Waals surface area (Å²) in [5, 5.41) is 2.98. The average molecular weight is 234 g/mol. The van der Waals surface area contributed by atoms with E-state index in [0.717, 1.165) is 12.1 Å². The van der Waals surface area contributed by atoms with Gasteiger partial charge in [0, 0.05) is 17.9 Å². The summed E-state index contributed by atoms with van der Waals surface area (Å²) < 4.78 is 0. The minimum atomic E-state index is -0.124. The van der Waals surface area contributed by atoms with Gasteiger partial charge in [-0.05, 0) is 24.8 Å². The molecule has 2 rings (SSSR count). The van der Waals surface area contributed by atoms with Crippen LogP contribution in [0.25, 0.3) is 0 Å². The molecule has 1 saturated carbocycles. The molecule has 1 atom stereocenters. The van der Waals surface area contributed by atoms with Gasteiger partial charge in [-0.25, -0.2) is 0 Å². The molecule has 1 fully saturated rings. The van der Waals surface area contributed by atoms with Crippen molar-refractivity contribution in [3.05, 3.63) is 23.5 Å². The van der Waals surface area contributed by atoms with E-state index >= 15 is 0 Å². The van der Waals surface area contributed by atoms with Gasteiger partial charge in [-0.3, -0.25) is 15.6 Å². The zero-order chi connectivity index (χ0) is 12.6. The van der Waals surface area contributed by atoms with Crippen molar-refractivity contribution in [3.63, 3.8) is 0 Å². The number of anilines is 1. The zero-order valence-electron chi connectivity index (χ0n) is 10.4. The molecule has 0 spiro atoms. The summed E-state index contributed by atoms with van der Waals surface area (Å²) in [5.74, 6) is 5.28. The van der Waals surface area contributed by atoms with Crippen LogP contribution in [0.1, 0.15) is 36.3 Å². The fourth-order valence-corrected chi connectivity index (χ4v) is 1.81. The van der Waals surface area contributed by atoms with Crippen LogP contribution in [0.15, 0.2) is 12.3 Å². The molecule has 0 saturated heterocycles. The Bertz CT molecular complexity index is 456. The summed E-state index contributed by atoms with van der Waals surface area (Å²) in [7, 11) is 0. The van der Waals surface area contributed by atoms with Crippen LogP contribution in [0.5, 0.6) is 0 Å². The summed E-state index contributed by atoms with van der Waals surface area (Å²) >= 11 is 0. The van der Waals surface area contributed by atoms with Gasteiger partial charge in [0.25, 0.3) is 5.91 Å². The number of nitrogens with one attached hydrogen (secondary N) is 2. The second kappa shape index (κ2) is 4.00. The van der Waals surface area contributed by atoms with E-state index < -0.39 is 0 Å². The molecule has 4 N–H and O–H groups in total. The predicted molar refractivity (Wildman–Crippen MR) is 66.4 cm³/mol. The fourth-order valence-electron chi connectivity index (χ4n) is 1.81. The number of pyridine rings is 1. The van der Waals surface area contributed by atoms with Gasteiger partial charge in [0.1, 0.15) is 0 Å². The van der Waals surface area contributed by atoms with E-state index in [-0.39, 0.29) is 17.4 Å². The normalized spacial score (nSPS) is 20.8. The number of aryl methyl sites for hydroxylation is 1. The van der Waals surface area contributed by atoms with Crippen LogP contribution in [0.4, 0.5) is 5.69 Å². The zero-order valence-corrected chi connectivity index (χ0v) is 10.4. The van der Waals surface area contributed by atoms with Crippen LogP contribution in [-0.4, -0.2) is 16.9 Å². The number of carbonyl (C=O) groups is 1. The molecule has 0 bridgehead atoms. The van der Waals surface area contributed by atoms with Crippen molar-refractivity contribution in [2.24, 2.45) is 11.3 Å². The quantitative estimate of drug-likeness (QED) is 0.542. The van der Waals surface area contributed by atoms with Crippen LogP contribution in [0.2, 0.25) is 0 Å². The van der Waals surface area contributed by atoms with E-state index in [1.54, 1.807) is 12.3 Å². The Morgan fingerprint density at radius 3 is 2.76 bits per heavy atom. The highest BCUT2D eigenvalue weighted by molar-refractivity contribution is 5.99. The summed E-state index contributed by atoms with van der Waals surface area (Å²) in [6, 6.07) is 2.01. The second-order valence-electron chi connectivity index (χ2n) is 5.23. The molecule has 1 aromatic rings. The molecule has 1 aliphatic rings. The molecule has 1 heterocycles. The van der Waals surface area contributed by atoms with Crippen LogP contribution in [0.3, 0.4) is 0 Å². The molecule has 17 heavy (non-hydrogen) atoms. The van der Waals surface area contributed by atoms with Crippen LogP contribution < -0.4 is 16.6 Å². The third kappa shape index (κ3) is 2.39. The predicted octanol–water partition coefficient (Wildman–Crippen LogP) is 1.20. The number of nitrogens with zero attached hydrogens (tertiary/aromatic N) is 1. The first-order chi connectivity index (χ1) is 7.94. The van der Waals surface area contributed by atoms with Gasteiger partial charge in [-0.2, -0.15) is 0 Å². The Kier molecular flexibility index (Phi) is 2.79. The van der Waals surface area contributed by atoms with Crippen molar-refractivity contribution in [2.45, 2.75) is 33.2 Å². The maximum absolute atomic E-state index is 12.0. The van der Waals surface area contributed by atoms with Crippen molar-refractivity contribution in [1.82, 2.24) is 10.3 Å². The van der Waals surface area contributed by atoms with E-state index in [1.165, 1.54) is 0 Å². The van der Waals surface area contributed by atoms with Crippen LogP contribution >= 0.6 is 0 Å². The Hall–Kier alpha value is -1.62. The molecule has 0 aromatic carbocycles. The number of amides is 1. The first-order valence-corrected chi connectivity index (χ1v) is 5.68. The molecule has 1 aromatic heterocycles. The van der Waals surface area contributed by atoms with Crippen molar-refractivity contribution in [1.29, 1.82) is 0 Å². The molecule has 0 radical (unpaired) electrons. The van der Waals surface area contributed by atoms with Gasteiger partial charge >= 0.3 is 0 Å². The van der Waals surface area contributed by atoms with Crippen molar-refractivity contribution in [2.75, 3.05) is 5.43 Å². The van der Waals surface area contributed by atoms with Crippen LogP contribution in [0, 0.1) is 12.3 Å². The summed E-state index contributed by atoms with van der Waals surface area (Å²) in [6.45, 7) is 6.12. The van der Waals surface area contributed by atoms with Gasteiger partial charge in [-0.15, -0.1) is 0 Å². The molecule has 1 unspecified atom stereocenters. The van der Waals surface area contributed by atoms with Gasteiger partial charge in [0.2, 0.25) is 0 Å². The Morgan fingerprint density at radius 2 is 2.24 bits per heavy atom. The standard InChI is InChI=1S/C12H18N4O/c1-7-4-9(16-13)8(6-14-7)11(17)15-10-5-12(10,2)3/h4,6,10H,5,13H2,1-3H3,(H,14,16)(H,15,17). The SMILES string of the molecule is Cc1cc(NN)c(C(=O)NC2CC2(C)C)cn1. The van der Waals surface area contributed by atoms with Crippen molar-refractivity contribution >= 4 is 11.6 Å². The van der Waals surface area contributed by atoms with Gasteiger partial charge in [0.05, 0.1) is 11.3 Å². The Morgan fingerprint density at radius 1 is 1.59 bits per heavy atom.